The molecule has 1 aromatic heterocycles. The molecule has 0 aromatic carbocycles. The molecular weight excluding hydrogens is 346 g/mol. The Kier molecular flexibility index (Phi) is 7.18. The Bertz CT molecular complexity index is 619. The van der Waals surface area contributed by atoms with Gasteiger partial charge in [0, 0.05) is 18.7 Å². The van der Waals surface area contributed by atoms with Gasteiger partial charge in [-0.2, -0.15) is 0 Å². The van der Waals surface area contributed by atoms with Crippen molar-refractivity contribution in [1.29, 1.82) is 0 Å². The first kappa shape index (κ1) is 19.8. The van der Waals surface area contributed by atoms with Crippen molar-refractivity contribution in [3.63, 3.8) is 0 Å². The normalized spacial score (nSPS) is 25.9. The Balaban J connectivity index is 1.42. The van der Waals surface area contributed by atoms with Crippen molar-refractivity contribution in [2.75, 3.05) is 13.2 Å². The van der Waals surface area contributed by atoms with E-state index in [2.05, 4.69) is 15.6 Å². The van der Waals surface area contributed by atoms with Gasteiger partial charge in [-0.05, 0) is 44.2 Å². The molecule has 27 heavy (non-hydrogen) atoms. The number of nitrogens with zero attached hydrogens (tertiary/aromatic N) is 1. The minimum atomic E-state index is -0.443. The van der Waals surface area contributed by atoms with Gasteiger partial charge in [-0.1, -0.05) is 18.9 Å². The van der Waals surface area contributed by atoms with E-state index in [-0.39, 0.29) is 36.5 Å². The summed E-state index contributed by atoms with van der Waals surface area (Å²) >= 11 is 0. The number of rotatable bonds is 7. The van der Waals surface area contributed by atoms with Crippen LogP contribution >= 0.6 is 0 Å². The number of nitrogens with one attached hydrogen (secondary N) is 2. The van der Waals surface area contributed by atoms with E-state index in [1.807, 2.05) is 0 Å². The molecule has 3 atom stereocenters. The number of ether oxygens (including phenoxy) is 1. The summed E-state index contributed by atoms with van der Waals surface area (Å²) in [5.41, 5.74) is 0.353. The van der Waals surface area contributed by atoms with Gasteiger partial charge in [0.15, 0.2) is 0 Å². The summed E-state index contributed by atoms with van der Waals surface area (Å²) in [6.07, 6.45) is 7.62. The molecule has 0 radical (unpaired) electrons. The van der Waals surface area contributed by atoms with E-state index in [4.69, 9.17) is 4.74 Å². The molecule has 148 valence electrons. The van der Waals surface area contributed by atoms with E-state index in [0.717, 1.165) is 44.9 Å². The zero-order valence-corrected chi connectivity index (χ0v) is 15.6. The van der Waals surface area contributed by atoms with Crippen LogP contribution in [0.15, 0.2) is 24.4 Å². The Morgan fingerprint density at radius 2 is 2.00 bits per heavy atom. The van der Waals surface area contributed by atoms with Crippen molar-refractivity contribution in [2.24, 2.45) is 5.92 Å². The Morgan fingerprint density at radius 3 is 2.70 bits per heavy atom. The third-order valence-electron chi connectivity index (χ3n) is 5.50. The minimum absolute atomic E-state index is 0.0194. The first-order chi connectivity index (χ1) is 13.2. The van der Waals surface area contributed by atoms with Crippen molar-refractivity contribution in [3.8, 4) is 0 Å². The highest BCUT2D eigenvalue weighted by atomic mass is 16.5. The first-order valence-electron chi connectivity index (χ1n) is 9.93. The number of aliphatic hydroxyl groups is 1. The number of aromatic nitrogens is 1. The topological polar surface area (TPSA) is 101 Å². The molecule has 7 heteroatoms. The van der Waals surface area contributed by atoms with Crippen LogP contribution in [-0.4, -0.2) is 53.3 Å². The lowest BCUT2D eigenvalue weighted by Gasteiger charge is -2.36. The molecule has 1 aliphatic heterocycles. The van der Waals surface area contributed by atoms with Gasteiger partial charge in [0.2, 0.25) is 5.91 Å². The van der Waals surface area contributed by atoms with Crippen molar-refractivity contribution in [3.05, 3.63) is 30.1 Å². The van der Waals surface area contributed by atoms with Crippen LogP contribution in [0.4, 0.5) is 0 Å². The van der Waals surface area contributed by atoms with Crippen LogP contribution in [0.5, 0.6) is 0 Å². The summed E-state index contributed by atoms with van der Waals surface area (Å²) in [6, 6.07) is 4.93. The Labute approximate surface area is 159 Å². The largest absolute Gasteiger partial charge is 0.394 e. The molecule has 2 amide bonds. The van der Waals surface area contributed by atoms with Gasteiger partial charge in [-0.25, -0.2) is 0 Å². The van der Waals surface area contributed by atoms with E-state index in [0.29, 0.717) is 12.2 Å². The Hall–Kier alpha value is -1.99. The lowest BCUT2D eigenvalue weighted by molar-refractivity contribution is -0.125. The molecule has 0 spiro atoms. The highest BCUT2D eigenvalue weighted by Crippen LogP contribution is 2.25. The van der Waals surface area contributed by atoms with Gasteiger partial charge in [-0.3, -0.25) is 14.6 Å². The maximum absolute atomic E-state index is 12.3. The number of pyridine rings is 1. The fourth-order valence-corrected chi connectivity index (χ4v) is 3.94. The number of hydrogen-bond donors (Lipinski definition) is 3. The van der Waals surface area contributed by atoms with Crippen LogP contribution in [0.25, 0.3) is 0 Å². The molecule has 0 unspecified atom stereocenters. The molecule has 7 nitrogen and oxygen atoms in total. The predicted molar refractivity (Wildman–Crippen MR) is 100 cm³/mol. The van der Waals surface area contributed by atoms with Crippen molar-refractivity contribution in [2.45, 2.75) is 63.2 Å². The van der Waals surface area contributed by atoms with E-state index in [9.17, 15) is 14.7 Å². The van der Waals surface area contributed by atoms with Gasteiger partial charge >= 0.3 is 0 Å². The van der Waals surface area contributed by atoms with Crippen molar-refractivity contribution >= 4 is 11.8 Å². The van der Waals surface area contributed by atoms with Crippen LogP contribution in [0.3, 0.4) is 0 Å². The predicted octanol–water partition coefficient (Wildman–Crippen LogP) is 1.42. The number of carbonyl (C=O) groups excluding carboxylic acids is 2. The quantitative estimate of drug-likeness (QED) is 0.669. The summed E-state index contributed by atoms with van der Waals surface area (Å²) in [7, 11) is 0. The molecule has 1 saturated carbocycles. The molecule has 2 fully saturated rings. The first-order valence-corrected chi connectivity index (χ1v) is 9.93. The second-order valence-electron chi connectivity index (χ2n) is 7.41. The van der Waals surface area contributed by atoms with Gasteiger partial charge in [-0.15, -0.1) is 0 Å². The monoisotopic (exact) mass is 375 g/mol. The fourth-order valence-electron chi connectivity index (χ4n) is 3.94. The highest BCUT2D eigenvalue weighted by Gasteiger charge is 2.32. The van der Waals surface area contributed by atoms with Gasteiger partial charge in [0.05, 0.1) is 18.8 Å². The van der Waals surface area contributed by atoms with Crippen LogP contribution < -0.4 is 10.6 Å². The van der Waals surface area contributed by atoms with Gasteiger partial charge < -0.3 is 20.5 Å². The molecule has 1 saturated heterocycles. The van der Waals surface area contributed by atoms with E-state index in [1.165, 1.54) is 0 Å². The summed E-state index contributed by atoms with van der Waals surface area (Å²) in [5, 5.41) is 15.6. The summed E-state index contributed by atoms with van der Waals surface area (Å²) in [5.74, 6) is 0.0705. The van der Waals surface area contributed by atoms with Crippen molar-refractivity contribution < 1.29 is 19.4 Å². The third-order valence-corrected chi connectivity index (χ3v) is 5.50. The molecule has 3 rings (SSSR count). The van der Waals surface area contributed by atoms with Crippen LogP contribution in [0, 0.1) is 5.92 Å². The third kappa shape index (κ3) is 5.49. The number of hydrogen-bond acceptors (Lipinski definition) is 5. The number of amides is 2. The lowest BCUT2D eigenvalue weighted by atomic mass is 9.97. The molecular formula is C20H29N3O4. The SMILES string of the molecule is O=C(N[C@@H]1CC[C@H](CCNC(=O)C2CCCC2)O[C@@H]1CO)c1ccccn1. The van der Waals surface area contributed by atoms with Crippen LogP contribution in [0.2, 0.25) is 0 Å². The fraction of sp³-hybridized carbons (Fsp3) is 0.650. The zero-order valence-electron chi connectivity index (χ0n) is 15.6. The van der Waals surface area contributed by atoms with E-state index >= 15 is 0 Å². The highest BCUT2D eigenvalue weighted by molar-refractivity contribution is 5.92. The molecule has 2 heterocycles. The smallest absolute Gasteiger partial charge is 0.270 e. The number of aliphatic hydroxyl groups excluding tert-OH is 1. The second-order valence-corrected chi connectivity index (χ2v) is 7.41. The summed E-state index contributed by atoms with van der Waals surface area (Å²) in [6.45, 7) is 0.432. The van der Waals surface area contributed by atoms with Crippen LogP contribution in [-0.2, 0) is 9.53 Å². The molecule has 2 aliphatic rings. The Morgan fingerprint density at radius 1 is 1.19 bits per heavy atom. The molecule has 3 N–H and O–H groups in total. The van der Waals surface area contributed by atoms with Crippen LogP contribution in [0.1, 0.15) is 55.4 Å². The number of carbonyl (C=O) groups is 2. The molecule has 0 bridgehead atoms. The zero-order chi connectivity index (χ0) is 19.1. The van der Waals surface area contributed by atoms with Crippen molar-refractivity contribution in [1.82, 2.24) is 15.6 Å². The van der Waals surface area contributed by atoms with E-state index < -0.39 is 6.10 Å². The second kappa shape index (κ2) is 9.80. The summed E-state index contributed by atoms with van der Waals surface area (Å²) in [4.78, 5) is 28.4. The van der Waals surface area contributed by atoms with Gasteiger partial charge in [0.25, 0.3) is 5.91 Å². The summed E-state index contributed by atoms with van der Waals surface area (Å²) < 4.78 is 5.96. The van der Waals surface area contributed by atoms with E-state index in [1.54, 1.807) is 24.4 Å². The maximum atomic E-state index is 12.3. The average Bonchev–Trinajstić information content (AvgIpc) is 3.24. The molecule has 1 aromatic rings. The molecule has 1 aliphatic carbocycles. The standard InChI is InChI=1S/C20H29N3O4/c24-13-18-16(23-20(26)17-7-3-4-11-21-17)9-8-15(27-18)10-12-22-19(25)14-5-1-2-6-14/h3-4,7,11,14-16,18,24H,1-2,5-6,8-10,12-13H2,(H,22,25)(H,23,26)/t15-,16-,18-/m1/s1. The van der Waals surface area contributed by atoms with Gasteiger partial charge in [0.1, 0.15) is 11.8 Å². The lowest BCUT2D eigenvalue weighted by Crippen LogP contribution is -2.51. The average molecular weight is 375 g/mol. The maximum Gasteiger partial charge on any atom is 0.270 e. The minimum Gasteiger partial charge on any atom is -0.394 e.